The third kappa shape index (κ3) is 1.44. The number of benzene rings is 1. The maximum Gasteiger partial charge on any atom is 0.238 e. The molecule has 0 saturated heterocycles. The van der Waals surface area contributed by atoms with Crippen LogP contribution >= 0.6 is 0 Å². The standard InChI is InChI=1S/C10H13N3O/c1-7(14)13(11)9-2-3-10-8(6-9)4-5-12-10/h2-3,6,12H,4-5,11H2,1H3. The number of fused-ring (bicyclic) bond motifs is 1. The van der Waals surface area contributed by atoms with Crippen LogP contribution in [0.4, 0.5) is 11.4 Å². The van der Waals surface area contributed by atoms with Crippen LogP contribution < -0.4 is 16.2 Å². The van der Waals surface area contributed by atoms with E-state index in [0.717, 1.165) is 24.3 Å². The molecular weight excluding hydrogens is 178 g/mol. The number of carbonyl (C=O) groups excluding carboxylic acids is 1. The SMILES string of the molecule is CC(=O)N(N)c1ccc2c(c1)CCN2. The molecule has 74 valence electrons. The Morgan fingerprint density at radius 3 is 3.07 bits per heavy atom. The summed E-state index contributed by atoms with van der Waals surface area (Å²) in [4.78, 5) is 11.0. The van der Waals surface area contributed by atoms with Gasteiger partial charge in [0.05, 0.1) is 5.69 Å². The van der Waals surface area contributed by atoms with E-state index in [-0.39, 0.29) is 5.91 Å². The van der Waals surface area contributed by atoms with E-state index in [1.807, 2.05) is 18.2 Å². The quantitative estimate of drug-likeness (QED) is 0.393. The van der Waals surface area contributed by atoms with Crippen LogP contribution in [0.25, 0.3) is 0 Å². The van der Waals surface area contributed by atoms with Gasteiger partial charge in [-0.2, -0.15) is 0 Å². The minimum absolute atomic E-state index is 0.157. The number of anilines is 2. The van der Waals surface area contributed by atoms with Gasteiger partial charge in [-0.15, -0.1) is 0 Å². The van der Waals surface area contributed by atoms with Crippen molar-refractivity contribution in [3.8, 4) is 0 Å². The monoisotopic (exact) mass is 191 g/mol. The minimum atomic E-state index is -0.157. The number of rotatable bonds is 1. The van der Waals surface area contributed by atoms with Crippen LogP contribution in [0.2, 0.25) is 0 Å². The average molecular weight is 191 g/mol. The van der Waals surface area contributed by atoms with Gasteiger partial charge in [0.2, 0.25) is 5.91 Å². The largest absolute Gasteiger partial charge is 0.384 e. The lowest BCUT2D eigenvalue weighted by atomic mass is 10.1. The Morgan fingerprint density at radius 1 is 1.57 bits per heavy atom. The highest BCUT2D eigenvalue weighted by Crippen LogP contribution is 2.26. The van der Waals surface area contributed by atoms with Crippen molar-refractivity contribution in [1.29, 1.82) is 0 Å². The van der Waals surface area contributed by atoms with Crippen molar-refractivity contribution in [3.63, 3.8) is 0 Å². The zero-order chi connectivity index (χ0) is 10.1. The first kappa shape index (κ1) is 9.02. The second kappa shape index (κ2) is 3.31. The van der Waals surface area contributed by atoms with Crippen LogP contribution in [-0.2, 0) is 11.2 Å². The molecule has 0 saturated carbocycles. The molecule has 0 aromatic heterocycles. The van der Waals surface area contributed by atoms with E-state index in [9.17, 15) is 4.79 Å². The lowest BCUT2D eigenvalue weighted by Crippen LogP contribution is -2.35. The number of hydrogen-bond donors (Lipinski definition) is 2. The van der Waals surface area contributed by atoms with E-state index >= 15 is 0 Å². The normalized spacial score (nSPS) is 13.3. The van der Waals surface area contributed by atoms with Gasteiger partial charge in [0.25, 0.3) is 0 Å². The Labute approximate surface area is 82.7 Å². The summed E-state index contributed by atoms with van der Waals surface area (Å²) >= 11 is 0. The Bertz CT molecular complexity index is 376. The van der Waals surface area contributed by atoms with E-state index in [4.69, 9.17) is 5.84 Å². The molecule has 3 N–H and O–H groups in total. The molecule has 4 heteroatoms. The van der Waals surface area contributed by atoms with E-state index in [1.54, 1.807) is 0 Å². The van der Waals surface area contributed by atoms with Crippen molar-refractivity contribution in [2.45, 2.75) is 13.3 Å². The molecule has 0 unspecified atom stereocenters. The predicted molar refractivity (Wildman–Crippen MR) is 56.0 cm³/mol. The number of hydrogen-bond acceptors (Lipinski definition) is 3. The molecule has 0 atom stereocenters. The molecule has 2 rings (SSSR count). The van der Waals surface area contributed by atoms with Crippen molar-refractivity contribution in [1.82, 2.24) is 0 Å². The number of amides is 1. The van der Waals surface area contributed by atoms with Crippen molar-refractivity contribution in [2.75, 3.05) is 16.9 Å². The average Bonchev–Trinajstić information content (AvgIpc) is 2.62. The van der Waals surface area contributed by atoms with Gasteiger partial charge in [-0.3, -0.25) is 4.79 Å². The highest BCUT2D eigenvalue weighted by atomic mass is 16.2. The number of nitrogens with zero attached hydrogens (tertiary/aromatic N) is 1. The topological polar surface area (TPSA) is 58.4 Å². The minimum Gasteiger partial charge on any atom is -0.384 e. The number of nitrogens with two attached hydrogens (primary N) is 1. The van der Waals surface area contributed by atoms with Gasteiger partial charge < -0.3 is 5.32 Å². The summed E-state index contributed by atoms with van der Waals surface area (Å²) < 4.78 is 0. The third-order valence-corrected chi connectivity index (χ3v) is 2.42. The maximum atomic E-state index is 11.0. The zero-order valence-corrected chi connectivity index (χ0v) is 8.08. The van der Waals surface area contributed by atoms with Crippen LogP contribution in [0.15, 0.2) is 18.2 Å². The van der Waals surface area contributed by atoms with Gasteiger partial charge in [0.1, 0.15) is 0 Å². The molecule has 4 nitrogen and oxygen atoms in total. The Morgan fingerprint density at radius 2 is 2.36 bits per heavy atom. The fourth-order valence-electron chi connectivity index (χ4n) is 1.62. The van der Waals surface area contributed by atoms with E-state index in [0.29, 0.717) is 0 Å². The smallest absolute Gasteiger partial charge is 0.238 e. The maximum absolute atomic E-state index is 11.0. The summed E-state index contributed by atoms with van der Waals surface area (Å²) in [7, 11) is 0. The first-order valence-corrected chi connectivity index (χ1v) is 4.60. The predicted octanol–water partition coefficient (Wildman–Crippen LogP) is 0.881. The van der Waals surface area contributed by atoms with Crippen LogP contribution in [0.3, 0.4) is 0 Å². The Kier molecular flexibility index (Phi) is 2.13. The lowest BCUT2D eigenvalue weighted by molar-refractivity contribution is -0.116. The van der Waals surface area contributed by atoms with Gasteiger partial charge in [0, 0.05) is 19.2 Å². The van der Waals surface area contributed by atoms with Gasteiger partial charge in [-0.25, -0.2) is 10.9 Å². The molecule has 0 aliphatic carbocycles. The highest BCUT2D eigenvalue weighted by Gasteiger charge is 2.13. The van der Waals surface area contributed by atoms with Gasteiger partial charge in [-0.1, -0.05) is 0 Å². The second-order valence-electron chi connectivity index (χ2n) is 3.41. The van der Waals surface area contributed by atoms with Gasteiger partial charge >= 0.3 is 0 Å². The van der Waals surface area contributed by atoms with Gasteiger partial charge in [0.15, 0.2) is 0 Å². The molecule has 1 amide bonds. The third-order valence-electron chi connectivity index (χ3n) is 2.42. The molecule has 0 spiro atoms. The summed E-state index contributed by atoms with van der Waals surface area (Å²) in [5, 5.41) is 4.42. The Balaban J connectivity index is 2.33. The van der Waals surface area contributed by atoms with E-state index < -0.39 is 0 Å². The lowest BCUT2D eigenvalue weighted by Gasteiger charge is -2.15. The first-order valence-electron chi connectivity index (χ1n) is 4.60. The summed E-state index contributed by atoms with van der Waals surface area (Å²) in [5.41, 5.74) is 3.12. The van der Waals surface area contributed by atoms with E-state index in [2.05, 4.69) is 5.32 Å². The number of carbonyl (C=O) groups is 1. The molecule has 14 heavy (non-hydrogen) atoms. The molecule has 1 aliphatic rings. The van der Waals surface area contributed by atoms with E-state index in [1.165, 1.54) is 17.5 Å². The molecule has 0 fully saturated rings. The van der Waals surface area contributed by atoms with Crippen LogP contribution in [0.1, 0.15) is 12.5 Å². The summed E-state index contributed by atoms with van der Waals surface area (Å²) in [5.74, 6) is 5.44. The van der Waals surface area contributed by atoms with Gasteiger partial charge in [-0.05, 0) is 30.2 Å². The first-order chi connectivity index (χ1) is 6.68. The second-order valence-corrected chi connectivity index (χ2v) is 3.41. The Hall–Kier alpha value is -1.55. The summed E-state index contributed by atoms with van der Waals surface area (Å²) in [6.45, 7) is 2.41. The zero-order valence-electron chi connectivity index (χ0n) is 8.08. The summed E-state index contributed by atoms with van der Waals surface area (Å²) in [6, 6.07) is 5.76. The summed E-state index contributed by atoms with van der Waals surface area (Å²) in [6.07, 6.45) is 0.995. The molecular formula is C10H13N3O. The fourth-order valence-corrected chi connectivity index (χ4v) is 1.62. The van der Waals surface area contributed by atoms with Crippen LogP contribution in [0.5, 0.6) is 0 Å². The molecule has 1 heterocycles. The van der Waals surface area contributed by atoms with Crippen molar-refractivity contribution in [3.05, 3.63) is 23.8 Å². The van der Waals surface area contributed by atoms with Crippen LogP contribution in [-0.4, -0.2) is 12.5 Å². The number of nitrogens with one attached hydrogen (secondary N) is 1. The highest BCUT2D eigenvalue weighted by molar-refractivity contribution is 5.90. The van der Waals surface area contributed by atoms with Crippen molar-refractivity contribution in [2.24, 2.45) is 5.84 Å². The molecule has 1 aliphatic heterocycles. The fraction of sp³-hybridized carbons (Fsp3) is 0.300. The molecule has 0 bridgehead atoms. The van der Waals surface area contributed by atoms with Crippen LogP contribution in [0, 0.1) is 0 Å². The van der Waals surface area contributed by atoms with Crippen molar-refractivity contribution < 1.29 is 4.79 Å². The molecule has 0 radical (unpaired) electrons. The van der Waals surface area contributed by atoms with Crippen molar-refractivity contribution >= 4 is 17.3 Å². The molecule has 1 aromatic carbocycles. The number of hydrazine groups is 1. The molecule has 1 aromatic rings.